The molecule has 106 valence electrons. The fourth-order valence-electron chi connectivity index (χ4n) is 2.59. The lowest BCUT2D eigenvalue weighted by molar-refractivity contribution is 0.0914. The van der Waals surface area contributed by atoms with Crippen LogP contribution in [0, 0.1) is 5.92 Å². The Balaban J connectivity index is 0.00000180. The molecule has 0 aliphatic heterocycles. The summed E-state index contributed by atoms with van der Waals surface area (Å²) in [6, 6.07) is 3.68. The molecule has 2 rings (SSSR count). The Morgan fingerprint density at radius 1 is 1.47 bits per heavy atom. The quantitative estimate of drug-likeness (QED) is 0.896. The highest BCUT2D eigenvalue weighted by Gasteiger charge is 2.22. The van der Waals surface area contributed by atoms with Gasteiger partial charge in [0.1, 0.15) is 5.69 Å². The number of halogens is 1. The largest absolute Gasteiger partial charge is 0.397 e. The van der Waals surface area contributed by atoms with Crippen molar-refractivity contribution >= 4 is 24.0 Å². The number of nitrogen functional groups attached to an aromatic ring is 1. The maximum atomic E-state index is 12.0. The first-order valence-corrected chi connectivity index (χ1v) is 6.71. The van der Waals surface area contributed by atoms with Gasteiger partial charge in [0.15, 0.2) is 0 Å². The normalized spacial score (nSPS) is 22.4. The molecular weight excluding hydrogens is 262 g/mol. The maximum Gasteiger partial charge on any atom is 0.270 e. The second-order valence-electron chi connectivity index (χ2n) is 5.09. The Labute approximate surface area is 120 Å². The predicted molar refractivity (Wildman–Crippen MR) is 79.4 cm³/mol. The Bertz CT molecular complexity index is 408. The molecule has 0 saturated heterocycles. The topological polar surface area (TPSA) is 68.0 Å². The van der Waals surface area contributed by atoms with Gasteiger partial charge < -0.3 is 11.1 Å². The van der Waals surface area contributed by atoms with E-state index >= 15 is 0 Å². The van der Waals surface area contributed by atoms with E-state index in [1.165, 1.54) is 25.5 Å². The maximum absolute atomic E-state index is 12.0. The SMILES string of the molecule is CCC1CCCC(NC(=O)c2ccc(N)cn2)C1.Cl. The van der Waals surface area contributed by atoms with Crippen LogP contribution in [0.5, 0.6) is 0 Å². The molecular formula is C14H22ClN3O. The van der Waals surface area contributed by atoms with Gasteiger partial charge in [-0.1, -0.05) is 26.2 Å². The van der Waals surface area contributed by atoms with Gasteiger partial charge in [-0.05, 0) is 30.9 Å². The summed E-state index contributed by atoms with van der Waals surface area (Å²) >= 11 is 0. The lowest BCUT2D eigenvalue weighted by Gasteiger charge is -2.28. The molecule has 0 radical (unpaired) electrons. The van der Waals surface area contributed by atoms with Gasteiger partial charge in [0.25, 0.3) is 5.91 Å². The molecule has 1 aromatic rings. The van der Waals surface area contributed by atoms with Crippen LogP contribution in [0.3, 0.4) is 0 Å². The lowest BCUT2D eigenvalue weighted by Crippen LogP contribution is -2.38. The van der Waals surface area contributed by atoms with Crippen LogP contribution in [0.2, 0.25) is 0 Å². The molecule has 5 heteroatoms. The lowest BCUT2D eigenvalue weighted by atomic mass is 9.84. The van der Waals surface area contributed by atoms with Gasteiger partial charge in [-0.2, -0.15) is 0 Å². The van der Waals surface area contributed by atoms with E-state index in [-0.39, 0.29) is 18.3 Å². The number of amides is 1. The monoisotopic (exact) mass is 283 g/mol. The molecule has 1 heterocycles. The van der Waals surface area contributed by atoms with Crippen molar-refractivity contribution in [2.75, 3.05) is 5.73 Å². The van der Waals surface area contributed by atoms with Gasteiger partial charge in [-0.3, -0.25) is 4.79 Å². The summed E-state index contributed by atoms with van der Waals surface area (Å²) in [7, 11) is 0. The van der Waals surface area contributed by atoms with Crippen molar-refractivity contribution in [2.24, 2.45) is 5.92 Å². The summed E-state index contributed by atoms with van der Waals surface area (Å²) in [6.45, 7) is 2.22. The summed E-state index contributed by atoms with van der Waals surface area (Å²) < 4.78 is 0. The Hall–Kier alpha value is -1.29. The van der Waals surface area contributed by atoms with Crippen LogP contribution in [0.4, 0.5) is 5.69 Å². The number of pyridine rings is 1. The fraction of sp³-hybridized carbons (Fsp3) is 0.571. The first-order valence-electron chi connectivity index (χ1n) is 6.71. The van der Waals surface area contributed by atoms with Crippen molar-refractivity contribution < 1.29 is 4.79 Å². The fourth-order valence-corrected chi connectivity index (χ4v) is 2.59. The van der Waals surface area contributed by atoms with E-state index in [2.05, 4.69) is 17.2 Å². The highest BCUT2D eigenvalue weighted by Crippen LogP contribution is 2.26. The van der Waals surface area contributed by atoms with Crippen LogP contribution in [0.15, 0.2) is 18.3 Å². The molecule has 2 atom stereocenters. The standard InChI is InChI=1S/C14H21N3O.ClH/c1-2-10-4-3-5-12(8-10)17-14(18)13-7-6-11(15)9-16-13;/h6-7,9-10,12H,2-5,8,15H2,1H3,(H,17,18);1H. The molecule has 1 aromatic heterocycles. The number of aromatic nitrogens is 1. The molecule has 19 heavy (non-hydrogen) atoms. The molecule has 3 N–H and O–H groups in total. The van der Waals surface area contributed by atoms with E-state index in [0.29, 0.717) is 17.4 Å². The van der Waals surface area contributed by atoms with Gasteiger partial charge in [0.05, 0.1) is 11.9 Å². The number of nitrogens with zero attached hydrogens (tertiary/aromatic N) is 1. The predicted octanol–water partition coefficient (Wildman–Crippen LogP) is 2.78. The average molecular weight is 284 g/mol. The highest BCUT2D eigenvalue weighted by atomic mass is 35.5. The molecule has 2 unspecified atom stereocenters. The van der Waals surface area contributed by atoms with Crippen LogP contribution in [0.1, 0.15) is 49.5 Å². The van der Waals surface area contributed by atoms with Crippen LogP contribution in [-0.2, 0) is 0 Å². The van der Waals surface area contributed by atoms with Crippen molar-refractivity contribution in [2.45, 2.75) is 45.1 Å². The Kier molecular flexibility index (Phi) is 6.09. The van der Waals surface area contributed by atoms with Crippen LogP contribution >= 0.6 is 12.4 Å². The zero-order valence-electron chi connectivity index (χ0n) is 11.3. The van der Waals surface area contributed by atoms with E-state index in [1.54, 1.807) is 12.1 Å². The number of anilines is 1. The molecule has 1 aliphatic rings. The molecule has 0 aromatic carbocycles. The zero-order chi connectivity index (χ0) is 13.0. The third kappa shape index (κ3) is 4.39. The number of hydrogen-bond acceptors (Lipinski definition) is 3. The number of carbonyl (C=O) groups excluding carboxylic acids is 1. The van der Waals surface area contributed by atoms with E-state index in [4.69, 9.17) is 5.73 Å². The third-order valence-corrected chi connectivity index (χ3v) is 3.71. The summed E-state index contributed by atoms with van der Waals surface area (Å²) in [5.41, 5.74) is 6.58. The van der Waals surface area contributed by atoms with Crippen molar-refractivity contribution in [3.63, 3.8) is 0 Å². The molecule has 1 amide bonds. The molecule has 1 fully saturated rings. The molecule has 4 nitrogen and oxygen atoms in total. The minimum absolute atomic E-state index is 0. The Morgan fingerprint density at radius 3 is 2.89 bits per heavy atom. The molecule has 1 saturated carbocycles. The van der Waals surface area contributed by atoms with Gasteiger partial charge >= 0.3 is 0 Å². The molecule has 0 spiro atoms. The van der Waals surface area contributed by atoms with Gasteiger partial charge in [0, 0.05) is 6.04 Å². The van der Waals surface area contributed by atoms with Gasteiger partial charge in [-0.25, -0.2) is 4.98 Å². The van der Waals surface area contributed by atoms with Crippen molar-refractivity contribution in [1.29, 1.82) is 0 Å². The van der Waals surface area contributed by atoms with Crippen LogP contribution in [-0.4, -0.2) is 16.9 Å². The number of nitrogens with two attached hydrogens (primary N) is 1. The summed E-state index contributed by atoms with van der Waals surface area (Å²) in [5.74, 6) is 0.667. The minimum atomic E-state index is -0.0863. The van der Waals surface area contributed by atoms with Crippen LogP contribution in [0.25, 0.3) is 0 Å². The number of nitrogens with one attached hydrogen (secondary N) is 1. The summed E-state index contributed by atoms with van der Waals surface area (Å²) in [6.07, 6.45) is 7.40. The summed E-state index contributed by atoms with van der Waals surface area (Å²) in [5, 5.41) is 3.08. The van der Waals surface area contributed by atoms with E-state index in [0.717, 1.165) is 18.8 Å². The highest BCUT2D eigenvalue weighted by molar-refractivity contribution is 5.92. The first-order chi connectivity index (χ1) is 8.69. The second kappa shape index (κ2) is 7.34. The Morgan fingerprint density at radius 2 is 2.26 bits per heavy atom. The van der Waals surface area contributed by atoms with Crippen molar-refractivity contribution in [3.05, 3.63) is 24.0 Å². The average Bonchev–Trinajstić information content (AvgIpc) is 2.39. The smallest absolute Gasteiger partial charge is 0.270 e. The summed E-state index contributed by atoms with van der Waals surface area (Å²) in [4.78, 5) is 16.1. The minimum Gasteiger partial charge on any atom is -0.397 e. The van der Waals surface area contributed by atoms with E-state index in [1.807, 2.05) is 0 Å². The molecule has 1 aliphatic carbocycles. The zero-order valence-corrected chi connectivity index (χ0v) is 12.1. The first kappa shape index (κ1) is 15.8. The van der Waals surface area contributed by atoms with Gasteiger partial charge in [0.2, 0.25) is 0 Å². The van der Waals surface area contributed by atoms with Gasteiger partial charge in [-0.15, -0.1) is 12.4 Å². The van der Waals surface area contributed by atoms with Crippen LogP contribution < -0.4 is 11.1 Å². The third-order valence-electron chi connectivity index (χ3n) is 3.71. The molecule has 0 bridgehead atoms. The number of carbonyl (C=O) groups is 1. The van der Waals surface area contributed by atoms with Crippen molar-refractivity contribution in [3.8, 4) is 0 Å². The second-order valence-corrected chi connectivity index (χ2v) is 5.09. The van der Waals surface area contributed by atoms with Crippen molar-refractivity contribution in [1.82, 2.24) is 10.3 Å². The van der Waals surface area contributed by atoms with E-state index in [9.17, 15) is 4.79 Å². The van der Waals surface area contributed by atoms with E-state index < -0.39 is 0 Å². The number of hydrogen-bond donors (Lipinski definition) is 2. The number of rotatable bonds is 3.